The van der Waals surface area contributed by atoms with Crippen molar-refractivity contribution in [2.75, 3.05) is 37.0 Å². The number of nitrogen functional groups attached to an aromatic ring is 1. The first-order valence-electron chi connectivity index (χ1n) is 7.02. The molecule has 1 heterocycles. The van der Waals surface area contributed by atoms with Crippen molar-refractivity contribution in [3.05, 3.63) is 42.5 Å². The van der Waals surface area contributed by atoms with Crippen LogP contribution in [0.2, 0.25) is 0 Å². The maximum atomic E-state index is 9.26. The number of nitrogens with two attached hydrogens (primary N) is 1. The maximum absolute atomic E-state index is 9.26. The van der Waals surface area contributed by atoms with E-state index in [2.05, 4.69) is 0 Å². The van der Waals surface area contributed by atoms with E-state index in [0.717, 1.165) is 27.5 Å². The second-order valence-corrected chi connectivity index (χ2v) is 4.99. The Morgan fingerprint density at radius 1 is 0.905 bits per heavy atom. The second-order valence-electron chi connectivity index (χ2n) is 4.99. The Labute approximate surface area is 122 Å². The van der Waals surface area contributed by atoms with Crippen molar-refractivity contribution in [2.24, 2.45) is 0 Å². The zero-order valence-corrected chi connectivity index (χ0v) is 11.7. The molecule has 0 unspecified atom stereocenters. The summed E-state index contributed by atoms with van der Waals surface area (Å²) >= 11 is 0. The number of aliphatic hydroxyl groups excluding tert-OH is 2. The topological polar surface area (TPSA) is 74.7 Å². The van der Waals surface area contributed by atoms with Gasteiger partial charge in [0.2, 0.25) is 0 Å². The molecule has 3 aromatic rings. The number of benzene rings is 2. The lowest BCUT2D eigenvalue weighted by Crippen LogP contribution is -2.29. The van der Waals surface area contributed by atoms with Crippen LogP contribution < -0.4 is 10.7 Å². The summed E-state index contributed by atoms with van der Waals surface area (Å²) in [4.78, 5) is 1.98. The minimum Gasteiger partial charge on any atom is -0.395 e. The molecule has 110 valence electrons. The smallest absolute Gasteiger partial charge is 0.0724 e. The lowest BCUT2D eigenvalue weighted by atomic mass is 10.1. The summed E-state index contributed by atoms with van der Waals surface area (Å²) in [6, 6.07) is 13.9. The Morgan fingerprint density at radius 2 is 1.57 bits per heavy atom. The number of nitrogens with zero attached hydrogens (tertiary/aromatic N) is 2. The second kappa shape index (κ2) is 5.63. The molecule has 2 aromatic carbocycles. The van der Waals surface area contributed by atoms with Crippen LogP contribution >= 0.6 is 0 Å². The van der Waals surface area contributed by atoms with Crippen molar-refractivity contribution in [2.45, 2.75) is 0 Å². The minimum atomic E-state index is 0.0393. The lowest BCUT2D eigenvalue weighted by molar-refractivity contribution is 0.281. The first-order chi connectivity index (χ1) is 10.3. The molecule has 3 rings (SSSR count). The number of anilines is 1. The van der Waals surface area contributed by atoms with Gasteiger partial charge in [-0.15, -0.1) is 0 Å². The van der Waals surface area contributed by atoms with Crippen molar-refractivity contribution < 1.29 is 10.2 Å². The highest BCUT2D eigenvalue weighted by molar-refractivity contribution is 6.14. The lowest BCUT2D eigenvalue weighted by Gasteiger charge is -2.24. The molecule has 0 spiro atoms. The average Bonchev–Trinajstić information content (AvgIpc) is 2.81. The molecular formula is C16H19N3O2. The Bertz CT molecular complexity index is 761. The van der Waals surface area contributed by atoms with Crippen LogP contribution in [0.15, 0.2) is 42.5 Å². The summed E-state index contributed by atoms with van der Waals surface area (Å²) in [5.74, 6) is 6.19. The Hall–Kier alpha value is -2.24. The van der Waals surface area contributed by atoms with Crippen LogP contribution in [0.5, 0.6) is 0 Å². The van der Waals surface area contributed by atoms with Gasteiger partial charge in [-0.05, 0) is 18.2 Å². The van der Waals surface area contributed by atoms with E-state index in [1.54, 1.807) is 4.68 Å². The summed E-state index contributed by atoms with van der Waals surface area (Å²) in [7, 11) is 0. The predicted molar refractivity (Wildman–Crippen MR) is 86.0 cm³/mol. The number of aromatic nitrogens is 1. The fraction of sp³-hybridized carbons (Fsp3) is 0.250. The van der Waals surface area contributed by atoms with Gasteiger partial charge in [-0.25, -0.2) is 0 Å². The third-order valence-electron chi connectivity index (χ3n) is 3.79. The van der Waals surface area contributed by atoms with E-state index in [0.29, 0.717) is 13.1 Å². The summed E-state index contributed by atoms with van der Waals surface area (Å²) < 4.78 is 1.68. The van der Waals surface area contributed by atoms with Crippen molar-refractivity contribution in [3.63, 3.8) is 0 Å². The average molecular weight is 285 g/mol. The molecule has 1 aromatic heterocycles. The quantitative estimate of drug-likeness (QED) is 0.618. The van der Waals surface area contributed by atoms with Crippen LogP contribution in [0.1, 0.15) is 0 Å². The van der Waals surface area contributed by atoms with E-state index in [-0.39, 0.29) is 13.2 Å². The van der Waals surface area contributed by atoms with Crippen molar-refractivity contribution in [1.82, 2.24) is 4.68 Å². The molecule has 0 amide bonds. The Balaban J connectivity index is 2.30. The van der Waals surface area contributed by atoms with E-state index in [1.807, 2.05) is 47.4 Å². The molecule has 0 aliphatic heterocycles. The van der Waals surface area contributed by atoms with Gasteiger partial charge < -0.3 is 21.0 Å². The molecule has 0 aliphatic rings. The summed E-state index contributed by atoms with van der Waals surface area (Å²) in [6.45, 7) is 1.03. The zero-order valence-electron chi connectivity index (χ0n) is 11.7. The molecule has 4 N–H and O–H groups in total. The van der Waals surface area contributed by atoms with Gasteiger partial charge in [-0.3, -0.25) is 4.68 Å². The van der Waals surface area contributed by atoms with Gasteiger partial charge in [0.15, 0.2) is 0 Å². The third kappa shape index (κ3) is 2.20. The number of hydrogen-bond donors (Lipinski definition) is 3. The maximum Gasteiger partial charge on any atom is 0.0724 e. The van der Waals surface area contributed by atoms with Crippen LogP contribution in [0, 0.1) is 0 Å². The van der Waals surface area contributed by atoms with Crippen LogP contribution in [0.4, 0.5) is 5.69 Å². The molecule has 0 radical (unpaired) electrons. The predicted octanol–water partition coefficient (Wildman–Crippen LogP) is 1.30. The molecule has 5 heteroatoms. The number of para-hydroxylation sites is 1. The molecular weight excluding hydrogens is 266 g/mol. The van der Waals surface area contributed by atoms with Gasteiger partial charge in [0.1, 0.15) is 0 Å². The molecule has 0 saturated carbocycles. The fourth-order valence-electron chi connectivity index (χ4n) is 2.89. The normalized spacial score (nSPS) is 11.3. The Morgan fingerprint density at radius 3 is 2.29 bits per heavy atom. The largest absolute Gasteiger partial charge is 0.395 e. The first-order valence-corrected chi connectivity index (χ1v) is 7.02. The molecule has 0 saturated heterocycles. The van der Waals surface area contributed by atoms with Crippen LogP contribution in [0.25, 0.3) is 21.8 Å². The van der Waals surface area contributed by atoms with Gasteiger partial charge in [0, 0.05) is 29.5 Å². The monoisotopic (exact) mass is 285 g/mol. The first kappa shape index (κ1) is 13.7. The highest BCUT2D eigenvalue weighted by Crippen LogP contribution is 2.34. The number of fused-ring (bicyclic) bond motifs is 3. The van der Waals surface area contributed by atoms with Gasteiger partial charge in [0.05, 0.1) is 24.2 Å². The Kier molecular flexibility index (Phi) is 3.68. The fourth-order valence-corrected chi connectivity index (χ4v) is 2.89. The standard InChI is InChI=1S/C16H19N3O2/c17-19-13-5-2-1-4-12(13)16-14(6-3-7-15(16)19)18(8-10-20)9-11-21/h1-7,20-21H,8-11,17H2. The van der Waals surface area contributed by atoms with Gasteiger partial charge in [0.25, 0.3) is 0 Å². The molecule has 5 nitrogen and oxygen atoms in total. The molecule has 21 heavy (non-hydrogen) atoms. The van der Waals surface area contributed by atoms with Crippen LogP contribution in [0.3, 0.4) is 0 Å². The van der Waals surface area contributed by atoms with Crippen LogP contribution in [-0.2, 0) is 0 Å². The number of aliphatic hydroxyl groups is 2. The summed E-state index contributed by atoms with van der Waals surface area (Å²) in [5.41, 5.74) is 2.89. The molecule has 0 fully saturated rings. The third-order valence-corrected chi connectivity index (χ3v) is 3.79. The summed E-state index contributed by atoms with van der Waals surface area (Å²) in [5, 5.41) is 20.7. The molecule has 0 bridgehead atoms. The highest BCUT2D eigenvalue weighted by atomic mass is 16.3. The molecule has 0 aliphatic carbocycles. The van der Waals surface area contributed by atoms with Gasteiger partial charge in [-0.1, -0.05) is 24.3 Å². The summed E-state index contributed by atoms with van der Waals surface area (Å²) in [6.07, 6.45) is 0. The van der Waals surface area contributed by atoms with Crippen molar-refractivity contribution in [1.29, 1.82) is 0 Å². The highest BCUT2D eigenvalue weighted by Gasteiger charge is 2.15. The van der Waals surface area contributed by atoms with E-state index in [9.17, 15) is 10.2 Å². The van der Waals surface area contributed by atoms with Crippen molar-refractivity contribution in [3.8, 4) is 0 Å². The van der Waals surface area contributed by atoms with Crippen molar-refractivity contribution >= 4 is 27.5 Å². The van der Waals surface area contributed by atoms with E-state index in [4.69, 9.17) is 5.84 Å². The van der Waals surface area contributed by atoms with E-state index in [1.165, 1.54) is 0 Å². The zero-order chi connectivity index (χ0) is 14.8. The minimum absolute atomic E-state index is 0.0393. The van der Waals surface area contributed by atoms with E-state index < -0.39 is 0 Å². The van der Waals surface area contributed by atoms with Crippen LogP contribution in [-0.4, -0.2) is 41.2 Å². The number of hydrogen-bond acceptors (Lipinski definition) is 4. The van der Waals surface area contributed by atoms with Gasteiger partial charge in [-0.2, -0.15) is 0 Å². The van der Waals surface area contributed by atoms with E-state index >= 15 is 0 Å². The SMILES string of the molecule is Nn1c2ccccc2c2c(N(CCO)CCO)cccc21. The molecule has 0 atom stereocenters. The number of rotatable bonds is 5. The van der Waals surface area contributed by atoms with Gasteiger partial charge >= 0.3 is 0 Å².